The minimum Gasteiger partial charge on any atom is -0.481 e. The fraction of sp³-hybridized carbons (Fsp3) is 0.444. The van der Waals surface area contributed by atoms with Crippen LogP contribution in [0.3, 0.4) is 0 Å². The predicted molar refractivity (Wildman–Crippen MR) is 129 cm³/mol. The molecule has 1 amide bonds. The Morgan fingerprint density at radius 2 is 1.49 bits per heavy atom. The highest BCUT2D eigenvalue weighted by Crippen LogP contribution is 2.36. The van der Waals surface area contributed by atoms with Crippen molar-refractivity contribution in [2.24, 2.45) is 5.92 Å². The molecule has 186 valence electrons. The molecule has 2 N–H and O–H groups in total. The third-order valence-electron chi connectivity index (χ3n) is 7.03. The van der Waals surface area contributed by atoms with Gasteiger partial charge in [-0.1, -0.05) is 54.6 Å². The van der Waals surface area contributed by atoms with Crippen molar-refractivity contribution in [1.29, 1.82) is 0 Å². The van der Waals surface area contributed by atoms with Crippen LogP contribution in [0.4, 0.5) is 4.79 Å². The molecule has 0 spiro atoms. The van der Waals surface area contributed by atoms with Crippen molar-refractivity contribution in [3.05, 3.63) is 71.3 Å². The van der Waals surface area contributed by atoms with Gasteiger partial charge in [-0.25, -0.2) is 4.79 Å². The lowest BCUT2D eigenvalue weighted by atomic mass is 9.86. The zero-order valence-corrected chi connectivity index (χ0v) is 19.7. The van der Waals surface area contributed by atoms with E-state index >= 15 is 0 Å². The van der Waals surface area contributed by atoms with Crippen LogP contribution in [0.2, 0.25) is 0 Å². The number of amides is 1. The molecule has 0 aliphatic carbocycles. The molecule has 8 nitrogen and oxygen atoms in total. The van der Waals surface area contributed by atoms with E-state index in [9.17, 15) is 14.4 Å². The molecule has 3 fully saturated rings. The first-order valence-corrected chi connectivity index (χ1v) is 12.2. The lowest BCUT2D eigenvalue weighted by molar-refractivity contribution is -0.143. The van der Waals surface area contributed by atoms with Crippen LogP contribution in [0.25, 0.3) is 0 Å². The molecule has 4 aliphatic rings. The summed E-state index contributed by atoms with van der Waals surface area (Å²) in [5.74, 6) is -1.62. The number of carbonyl (C=O) groups excluding carboxylic acids is 1. The van der Waals surface area contributed by atoms with E-state index in [1.165, 1.54) is 11.1 Å². The third kappa shape index (κ3) is 6.19. The summed E-state index contributed by atoms with van der Waals surface area (Å²) in [5.41, 5.74) is 3.70. The molecule has 0 saturated carbocycles. The summed E-state index contributed by atoms with van der Waals surface area (Å²) in [6.07, 6.45) is 2.50. The summed E-state index contributed by atoms with van der Waals surface area (Å²) in [7, 11) is 0. The van der Waals surface area contributed by atoms with Crippen molar-refractivity contribution in [2.45, 2.75) is 44.2 Å². The second-order valence-electron chi connectivity index (χ2n) is 9.30. The van der Waals surface area contributed by atoms with Crippen LogP contribution >= 0.6 is 0 Å². The second kappa shape index (κ2) is 11.4. The van der Waals surface area contributed by atoms with Crippen molar-refractivity contribution < 1.29 is 29.3 Å². The molecular formula is C27H32N2O6. The number of carboxylic acids is 2. The number of benzene rings is 2. The zero-order valence-electron chi connectivity index (χ0n) is 19.7. The lowest BCUT2D eigenvalue weighted by Crippen LogP contribution is -2.53. The van der Waals surface area contributed by atoms with E-state index in [0.717, 1.165) is 44.5 Å². The van der Waals surface area contributed by atoms with Crippen LogP contribution in [0.5, 0.6) is 0 Å². The van der Waals surface area contributed by atoms with Gasteiger partial charge in [-0.15, -0.1) is 0 Å². The third-order valence-corrected chi connectivity index (χ3v) is 7.03. The van der Waals surface area contributed by atoms with Gasteiger partial charge in [0.1, 0.15) is 6.10 Å². The Labute approximate surface area is 205 Å². The van der Waals surface area contributed by atoms with Gasteiger partial charge in [0.05, 0.1) is 18.9 Å². The summed E-state index contributed by atoms with van der Waals surface area (Å²) in [5, 5.41) is 15.8. The zero-order chi connectivity index (χ0) is 24.8. The van der Waals surface area contributed by atoms with Gasteiger partial charge in [-0.05, 0) is 55.0 Å². The van der Waals surface area contributed by atoms with Crippen LogP contribution in [0.15, 0.2) is 54.6 Å². The highest BCUT2D eigenvalue weighted by atomic mass is 16.6. The van der Waals surface area contributed by atoms with Crippen LogP contribution in [0.1, 0.15) is 48.4 Å². The monoisotopic (exact) mass is 486 g/mol. The van der Waals surface area contributed by atoms with Gasteiger partial charge in [-0.2, -0.15) is 0 Å². The number of fused-ring (bicyclic) bond motifs is 4. The summed E-state index contributed by atoms with van der Waals surface area (Å²) < 4.78 is 6.08. The maximum absolute atomic E-state index is 13.2. The first-order chi connectivity index (χ1) is 16.9. The first-order valence-electron chi connectivity index (χ1n) is 12.2. The Balaban J connectivity index is 0.000000314. The number of hydrogen-bond donors (Lipinski definition) is 2. The largest absolute Gasteiger partial charge is 0.481 e. The number of rotatable bonds is 5. The topological polar surface area (TPSA) is 107 Å². The van der Waals surface area contributed by atoms with Gasteiger partial charge in [0.2, 0.25) is 0 Å². The van der Waals surface area contributed by atoms with Crippen molar-refractivity contribution >= 4 is 18.0 Å². The van der Waals surface area contributed by atoms with E-state index in [-0.39, 0.29) is 31.1 Å². The Morgan fingerprint density at radius 3 is 2.09 bits per heavy atom. The number of carboxylic acid groups (broad SMARTS) is 2. The quantitative estimate of drug-likeness (QED) is 0.662. The van der Waals surface area contributed by atoms with Gasteiger partial charge in [-0.3, -0.25) is 19.4 Å². The summed E-state index contributed by atoms with van der Waals surface area (Å²) in [6.45, 7) is 3.91. The maximum Gasteiger partial charge on any atom is 0.410 e. The Morgan fingerprint density at radius 1 is 0.857 bits per heavy atom. The van der Waals surface area contributed by atoms with Crippen LogP contribution in [-0.4, -0.2) is 70.3 Å². The first kappa shape index (κ1) is 24.7. The standard InChI is InChI=1S/C23H26N2O2.C4H6O4/c26-23(27-21-16-24-13-10-18(21)11-14-24)25-15-12-17-6-4-5-9-20(17)22(25)19-7-2-1-3-8-19;5-3(6)1-2-4(7)8/h1-9,18,21-22H,10-16H2;1-2H2,(H,5,6)(H,7,8)/t21-,22-;/m0./s1/i1+1,2+1,3+1,7+1,8+1,19+1;. The number of aliphatic carboxylic acids is 2. The Bertz CT molecular complexity index is 1020. The molecule has 2 bridgehead atoms. The molecule has 2 aromatic rings. The number of carbonyl (C=O) groups is 3. The van der Waals surface area contributed by atoms with E-state index in [1.54, 1.807) is 0 Å². The van der Waals surface area contributed by atoms with E-state index in [1.807, 2.05) is 23.1 Å². The maximum atomic E-state index is 13.2. The van der Waals surface area contributed by atoms with Gasteiger partial charge < -0.3 is 14.9 Å². The SMILES string of the molecule is O=C(O)CCC(=O)O.O=C(O[C@H]1CN2CCC1CC2)N1CCc2ccccc2[C@@H]1[13c]1[13cH][13cH][13cH][13cH][13cH]1. The van der Waals surface area contributed by atoms with E-state index in [2.05, 4.69) is 41.3 Å². The number of piperidine rings is 3. The van der Waals surface area contributed by atoms with Gasteiger partial charge >= 0.3 is 18.0 Å². The predicted octanol–water partition coefficient (Wildman–Crippen LogP) is 3.80. The molecule has 4 aliphatic heterocycles. The fourth-order valence-corrected chi connectivity index (χ4v) is 5.21. The number of ether oxygens (including phenoxy) is 1. The summed E-state index contributed by atoms with van der Waals surface area (Å²) in [4.78, 5) is 36.9. The van der Waals surface area contributed by atoms with Gasteiger partial charge in [0, 0.05) is 13.1 Å². The Hall–Kier alpha value is -3.39. The minimum absolute atomic E-state index is 0.0496. The molecule has 2 atom stereocenters. The van der Waals surface area contributed by atoms with Gasteiger partial charge in [0.25, 0.3) is 0 Å². The van der Waals surface area contributed by atoms with Crippen LogP contribution in [-0.2, 0) is 20.7 Å². The van der Waals surface area contributed by atoms with Crippen molar-refractivity contribution in [1.82, 2.24) is 9.80 Å². The smallest absolute Gasteiger partial charge is 0.410 e. The summed E-state index contributed by atoms with van der Waals surface area (Å²) >= 11 is 0. The van der Waals surface area contributed by atoms with E-state index in [4.69, 9.17) is 14.9 Å². The highest BCUT2D eigenvalue weighted by Gasteiger charge is 2.39. The van der Waals surface area contributed by atoms with E-state index < -0.39 is 11.9 Å². The van der Waals surface area contributed by atoms with Crippen LogP contribution in [0, 0.1) is 5.92 Å². The lowest BCUT2D eigenvalue weighted by Gasteiger charge is -2.45. The molecule has 8 heteroatoms. The van der Waals surface area contributed by atoms with Crippen molar-refractivity contribution in [3.63, 3.8) is 0 Å². The fourth-order valence-electron chi connectivity index (χ4n) is 5.21. The number of nitrogens with zero attached hydrogens (tertiary/aromatic N) is 2. The molecule has 2 aromatic carbocycles. The molecule has 4 heterocycles. The molecule has 35 heavy (non-hydrogen) atoms. The van der Waals surface area contributed by atoms with E-state index in [0.29, 0.717) is 12.5 Å². The van der Waals surface area contributed by atoms with Crippen molar-refractivity contribution in [3.8, 4) is 0 Å². The molecule has 3 saturated heterocycles. The van der Waals surface area contributed by atoms with Crippen molar-refractivity contribution in [2.75, 3.05) is 26.2 Å². The molecule has 0 unspecified atom stereocenters. The molecule has 0 aromatic heterocycles. The minimum atomic E-state index is -1.08. The number of hydrogen-bond acceptors (Lipinski definition) is 5. The molecule has 0 radical (unpaired) electrons. The highest BCUT2D eigenvalue weighted by molar-refractivity contribution is 5.75. The normalized spacial score (nSPS) is 24.5. The average molecular weight is 487 g/mol. The Kier molecular flexibility index (Phi) is 8.02. The average Bonchev–Trinajstić information content (AvgIpc) is 2.88. The van der Waals surface area contributed by atoms with Gasteiger partial charge in [0.15, 0.2) is 0 Å². The van der Waals surface area contributed by atoms with Crippen LogP contribution < -0.4 is 0 Å². The molecule has 6 rings (SSSR count). The second-order valence-corrected chi connectivity index (χ2v) is 9.30. The summed E-state index contributed by atoms with van der Waals surface area (Å²) in [6, 6.07) is 18.8. The molecular weight excluding hydrogens is 454 g/mol.